The first-order valence-corrected chi connectivity index (χ1v) is 10.5. The first-order chi connectivity index (χ1) is 13.8. The van der Waals surface area contributed by atoms with E-state index in [1.54, 1.807) is 11.6 Å². The third kappa shape index (κ3) is 3.88. The van der Waals surface area contributed by atoms with Gasteiger partial charge in [0.25, 0.3) is 10.0 Å². The summed E-state index contributed by atoms with van der Waals surface area (Å²) in [5, 5.41) is 2.97. The summed E-state index contributed by atoms with van der Waals surface area (Å²) in [7, 11) is -2.11. The quantitative estimate of drug-likeness (QED) is 0.692. The Bertz CT molecular complexity index is 1120. The predicted molar refractivity (Wildman–Crippen MR) is 105 cm³/mol. The number of halogens is 2. The highest BCUT2D eigenvalue weighted by Gasteiger charge is 2.41. The van der Waals surface area contributed by atoms with Crippen LogP contribution in [0.5, 0.6) is 0 Å². The summed E-state index contributed by atoms with van der Waals surface area (Å²) in [6.45, 7) is 0.311. The number of anilines is 1. The molecular weight excluding hydrogens is 398 g/mol. The van der Waals surface area contributed by atoms with Crippen molar-refractivity contribution in [2.45, 2.75) is 17.0 Å². The van der Waals surface area contributed by atoms with E-state index in [1.807, 2.05) is 30.3 Å². The molecule has 29 heavy (non-hydrogen) atoms. The molecule has 4 rings (SSSR count). The van der Waals surface area contributed by atoms with Crippen molar-refractivity contribution < 1.29 is 17.2 Å². The zero-order valence-electron chi connectivity index (χ0n) is 15.7. The Morgan fingerprint density at radius 1 is 1.10 bits per heavy atom. The molecule has 1 aliphatic heterocycles. The summed E-state index contributed by atoms with van der Waals surface area (Å²) in [4.78, 5) is 3.97. The van der Waals surface area contributed by atoms with Crippen LogP contribution >= 0.6 is 0 Å². The third-order valence-corrected chi connectivity index (χ3v) is 6.79. The number of hydrogen-bond donors (Lipinski definition) is 1. The molecule has 0 bridgehead atoms. The van der Waals surface area contributed by atoms with Crippen LogP contribution in [-0.4, -0.2) is 41.4 Å². The van der Waals surface area contributed by atoms with Gasteiger partial charge in [-0.2, -0.15) is 4.31 Å². The first-order valence-electron chi connectivity index (χ1n) is 9.09. The monoisotopic (exact) mass is 418 g/mol. The molecule has 0 unspecified atom stereocenters. The summed E-state index contributed by atoms with van der Waals surface area (Å²) < 4.78 is 56.7. The Morgan fingerprint density at radius 2 is 1.86 bits per heavy atom. The summed E-state index contributed by atoms with van der Waals surface area (Å²) in [6, 6.07) is 12.1. The van der Waals surface area contributed by atoms with Gasteiger partial charge in [0, 0.05) is 38.3 Å². The lowest BCUT2D eigenvalue weighted by Gasteiger charge is -2.21. The molecule has 0 radical (unpaired) electrons. The first kappa shape index (κ1) is 19.5. The van der Waals surface area contributed by atoms with E-state index < -0.39 is 27.7 Å². The van der Waals surface area contributed by atoms with E-state index in [9.17, 15) is 17.2 Å². The Morgan fingerprint density at radius 3 is 2.55 bits per heavy atom. The molecule has 0 spiro atoms. The standard InChI is InChI=1S/C20H20F2N4O2S/c1-25-12-20(23-13-25)29(27,28)26-10-16(14-5-3-2-4-6-14)19(11-26)24-18-9-15(21)7-8-17(18)22/h2-9,12-13,16,19,24H,10-11H2,1H3/t16-,19+/m1/s1. The number of nitrogens with one attached hydrogen (secondary N) is 1. The molecule has 1 aromatic heterocycles. The van der Waals surface area contributed by atoms with E-state index >= 15 is 0 Å². The van der Waals surface area contributed by atoms with E-state index in [2.05, 4.69) is 10.3 Å². The lowest BCUT2D eigenvalue weighted by atomic mass is 9.94. The molecule has 0 aliphatic carbocycles. The molecule has 2 atom stereocenters. The Labute approximate surface area is 167 Å². The van der Waals surface area contributed by atoms with Crippen molar-refractivity contribution in [2.24, 2.45) is 7.05 Å². The number of benzene rings is 2. The molecule has 0 saturated carbocycles. The number of rotatable bonds is 5. The normalized spacial score (nSPS) is 20.1. The molecule has 1 N–H and O–H groups in total. The lowest BCUT2D eigenvalue weighted by Crippen LogP contribution is -2.32. The highest BCUT2D eigenvalue weighted by molar-refractivity contribution is 7.89. The van der Waals surface area contributed by atoms with E-state index in [-0.39, 0.29) is 29.7 Å². The van der Waals surface area contributed by atoms with Crippen molar-refractivity contribution in [1.82, 2.24) is 13.9 Å². The smallest absolute Gasteiger partial charge is 0.262 e. The van der Waals surface area contributed by atoms with Gasteiger partial charge in [-0.15, -0.1) is 0 Å². The fourth-order valence-corrected chi connectivity index (χ4v) is 5.07. The maximum Gasteiger partial charge on any atom is 0.262 e. The SMILES string of the molecule is Cn1cnc(S(=O)(=O)N2C[C@H](Nc3cc(F)ccc3F)[C@@H](c3ccccc3)C2)c1. The zero-order chi connectivity index (χ0) is 20.6. The van der Waals surface area contributed by atoms with Crippen molar-refractivity contribution in [3.63, 3.8) is 0 Å². The Hall–Kier alpha value is -2.78. The van der Waals surface area contributed by atoms with E-state index in [4.69, 9.17) is 0 Å². The number of imidazole rings is 1. The largest absolute Gasteiger partial charge is 0.378 e. The number of sulfonamides is 1. The minimum Gasteiger partial charge on any atom is -0.378 e. The van der Waals surface area contributed by atoms with Gasteiger partial charge in [-0.1, -0.05) is 30.3 Å². The number of hydrogen-bond acceptors (Lipinski definition) is 4. The van der Waals surface area contributed by atoms with Crippen LogP contribution < -0.4 is 5.32 Å². The fraction of sp³-hybridized carbons (Fsp3) is 0.250. The van der Waals surface area contributed by atoms with Gasteiger partial charge >= 0.3 is 0 Å². The van der Waals surface area contributed by atoms with Crippen molar-refractivity contribution in [1.29, 1.82) is 0 Å². The Balaban J connectivity index is 1.67. The molecule has 2 aromatic carbocycles. The molecule has 0 amide bonds. The number of aryl methyl sites for hydroxylation is 1. The van der Waals surface area contributed by atoms with E-state index in [1.165, 1.54) is 16.8 Å². The minimum absolute atomic E-state index is 0.00742. The van der Waals surface area contributed by atoms with Gasteiger partial charge in [-0.25, -0.2) is 22.2 Å². The van der Waals surface area contributed by atoms with E-state index in [0.717, 1.165) is 23.8 Å². The van der Waals surface area contributed by atoms with Gasteiger partial charge in [0.05, 0.1) is 12.0 Å². The summed E-state index contributed by atoms with van der Waals surface area (Å²) in [5.41, 5.74) is 0.925. The van der Waals surface area contributed by atoms with Crippen molar-refractivity contribution in [3.8, 4) is 0 Å². The van der Waals surface area contributed by atoms with Crippen LogP contribution in [0.3, 0.4) is 0 Å². The minimum atomic E-state index is -3.81. The van der Waals surface area contributed by atoms with Crippen LogP contribution in [0.2, 0.25) is 0 Å². The lowest BCUT2D eigenvalue weighted by molar-refractivity contribution is 0.468. The van der Waals surface area contributed by atoms with Crippen molar-refractivity contribution in [2.75, 3.05) is 18.4 Å². The highest BCUT2D eigenvalue weighted by Crippen LogP contribution is 2.33. The van der Waals surface area contributed by atoms with Gasteiger partial charge in [-0.3, -0.25) is 0 Å². The number of nitrogens with zero attached hydrogens (tertiary/aromatic N) is 3. The second-order valence-electron chi connectivity index (χ2n) is 7.09. The summed E-state index contributed by atoms with van der Waals surface area (Å²) >= 11 is 0. The molecule has 6 nitrogen and oxygen atoms in total. The highest BCUT2D eigenvalue weighted by atomic mass is 32.2. The maximum absolute atomic E-state index is 14.2. The van der Waals surface area contributed by atoms with Gasteiger partial charge in [0.1, 0.15) is 11.6 Å². The second kappa shape index (κ2) is 7.57. The van der Waals surface area contributed by atoms with Crippen LogP contribution in [0.15, 0.2) is 66.1 Å². The van der Waals surface area contributed by atoms with E-state index in [0.29, 0.717) is 0 Å². The van der Waals surface area contributed by atoms with Crippen molar-refractivity contribution >= 4 is 15.7 Å². The zero-order valence-corrected chi connectivity index (χ0v) is 16.5. The molecule has 1 fully saturated rings. The Kier molecular flexibility index (Phi) is 5.10. The maximum atomic E-state index is 14.2. The van der Waals surface area contributed by atoms with Crippen LogP contribution in [0, 0.1) is 11.6 Å². The third-order valence-electron chi connectivity index (χ3n) is 5.07. The fourth-order valence-electron chi connectivity index (χ4n) is 3.61. The molecule has 152 valence electrons. The molecule has 3 aromatic rings. The second-order valence-corrected chi connectivity index (χ2v) is 8.98. The van der Waals surface area contributed by atoms with Gasteiger partial charge in [-0.05, 0) is 23.8 Å². The molecule has 9 heteroatoms. The van der Waals surface area contributed by atoms with Gasteiger partial charge in [0.2, 0.25) is 0 Å². The van der Waals surface area contributed by atoms with Crippen LogP contribution in [0.25, 0.3) is 0 Å². The summed E-state index contributed by atoms with van der Waals surface area (Å²) in [6.07, 6.45) is 2.87. The molecular formula is C20H20F2N4O2S. The number of aromatic nitrogens is 2. The summed E-state index contributed by atoms with van der Waals surface area (Å²) in [5.74, 6) is -1.40. The average Bonchev–Trinajstić information content (AvgIpc) is 3.33. The van der Waals surface area contributed by atoms with Crippen LogP contribution in [-0.2, 0) is 17.1 Å². The van der Waals surface area contributed by atoms with Gasteiger partial charge < -0.3 is 9.88 Å². The topological polar surface area (TPSA) is 67.2 Å². The van der Waals surface area contributed by atoms with Gasteiger partial charge in [0.15, 0.2) is 5.03 Å². The molecule has 1 saturated heterocycles. The van der Waals surface area contributed by atoms with Crippen molar-refractivity contribution in [3.05, 3.63) is 78.3 Å². The molecule has 1 aliphatic rings. The average molecular weight is 418 g/mol. The molecule has 2 heterocycles. The van der Waals surface area contributed by atoms with Crippen LogP contribution in [0.1, 0.15) is 11.5 Å². The predicted octanol–water partition coefficient (Wildman–Crippen LogP) is 2.97. The van der Waals surface area contributed by atoms with Crippen LogP contribution in [0.4, 0.5) is 14.5 Å².